The Hall–Kier alpha value is -2.95. The number of carbonyl (C=O) groups is 1. The molecule has 132 valence electrons. The summed E-state index contributed by atoms with van der Waals surface area (Å²) in [6.45, 7) is 4.90. The van der Waals surface area contributed by atoms with Gasteiger partial charge >= 0.3 is 0 Å². The molecule has 1 aliphatic rings. The standard InChI is InChI=1S/C21H20FN3O/c1-15-2-7-19-18(14-15)20(8-9-23-19)24-10-12-25(13-11-24)21(26)16-3-5-17(22)6-4-16/h2-9,14H,10-13H2,1H3. The fraction of sp³-hybridized carbons (Fsp3) is 0.238. The molecule has 1 aromatic heterocycles. The van der Waals surface area contributed by atoms with E-state index in [1.54, 1.807) is 12.1 Å². The van der Waals surface area contributed by atoms with Crippen LogP contribution >= 0.6 is 0 Å². The number of halogens is 1. The molecule has 3 aromatic rings. The van der Waals surface area contributed by atoms with E-state index in [1.807, 2.05) is 23.2 Å². The Bertz CT molecular complexity index is 947. The summed E-state index contributed by atoms with van der Waals surface area (Å²) in [6.07, 6.45) is 1.84. The van der Waals surface area contributed by atoms with Gasteiger partial charge in [-0.05, 0) is 49.4 Å². The molecule has 0 atom stereocenters. The minimum absolute atomic E-state index is 0.0416. The minimum Gasteiger partial charge on any atom is -0.367 e. The topological polar surface area (TPSA) is 36.4 Å². The number of hydrogen-bond donors (Lipinski definition) is 0. The Labute approximate surface area is 151 Å². The first-order valence-electron chi connectivity index (χ1n) is 8.77. The highest BCUT2D eigenvalue weighted by molar-refractivity contribution is 5.95. The molecule has 5 heteroatoms. The molecule has 0 saturated carbocycles. The van der Waals surface area contributed by atoms with Crippen molar-refractivity contribution in [3.8, 4) is 0 Å². The second-order valence-electron chi connectivity index (χ2n) is 6.64. The highest BCUT2D eigenvalue weighted by Gasteiger charge is 2.23. The van der Waals surface area contributed by atoms with Gasteiger partial charge in [0.1, 0.15) is 5.82 Å². The first kappa shape index (κ1) is 16.5. The summed E-state index contributed by atoms with van der Waals surface area (Å²) in [6, 6.07) is 14.1. The first-order valence-corrected chi connectivity index (χ1v) is 8.77. The first-order chi connectivity index (χ1) is 12.6. The van der Waals surface area contributed by atoms with E-state index in [0.717, 1.165) is 29.7 Å². The number of hydrogen-bond acceptors (Lipinski definition) is 3. The summed E-state index contributed by atoms with van der Waals surface area (Å²) in [5.41, 5.74) is 3.88. The van der Waals surface area contributed by atoms with Crippen LogP contribution in [0.1, 0.15) is 15.9 Å². The molecule has 26 heavy (non-hydrogen) atoms. The van der Waals surface area contributed by atoms with E-state index in [9.17, 15) is 9.18 Å². The third kappa shape index (κ3) is 3.12. The smallest absolute Gasteiger partial charge is 0.253 e. The van der Waals surface area contributed by atoms with Gasteiger partial charge in [-0.25, -0.2) is 4.39 Å². The average Bonchev–Trinajstić information content (AvgIpc) is 2.68. The predicted octanol–water partition coefficient (Wildman–Crippen LogP) is 3.64. The zero-order valence-corrected chi connectivity index (χ0v) is 14.7. The summed E-state index contributed by atoms with van der Waals surface area (Å²) in [7, 11) is 0. The van der Waals surface area contributed by atoms with Gasteiger partial charge < -0.3 is 9.80 Å². The van der Waals surface area contributed by atoms with Crippen LogP contribution < -0.4 is 4.90 Å². The average molecular weight is 349 g/mol. The number of pyridine rings is 1. The number of aryl methyl sites for hydroxylation is 1. The number of rotatable bonds is 2. The quantitative estimate of drug-likeness (QED) is 0.709. The van der Waals surface area contributed by atoms with Gasteiger partial charge in [0, 0.05) is 49.0 Å². The highest BCUT2D eigenvalue weighted by Crippen LogP contribution is 2.27. The van der Waals surface area contributed by atoms with Crippen LogP contribution in [0.4, 0.5) is 10.1 Å². The van der Waals surface area contributed by atoms with Crippen molar-refractivity contribution in [3.05, 3.63) is 71.7 Å². The van der Waals surface area contributed by atoms with Crippen molar-refractivity contribution in [2.45, 2.75) is 6.92 Å². The third-order valence-electron chi connectivity index (χ3n) is 4.87. The number of amides is 1. The van der Waals surface area contributed by atoms with Crippen molar-refractivity contribution in [1.82, 2.24) is 9.88 Å². The van der Waals surface area contributed by atoms with Crippen molar-refractivity contribution in [1.29, 1.82) is 0 Å². The van der Waals surface area contributed by atoms with Gasteiger partial charge in [0.15, 0.2) is 0 Å². The molecule has 4 rings (SSSR count). The Balaban J connectivity index is 1.51. The second-order valence-corrected chi connectivity index (χ2v) is 6.64. The van der Waals surface area contributed by atoms with Crippen LogP contribution in [0.3, 0.4) is 0 Å². The number of benzene rings is 2. The second kappa shape index (κ2) is 6.75. The van der Waals surface area contributed by atoms with Crippen molar-refractivity contribution in [3.63, 3.8) is 0 Å². The summed E-state index contributed by atoms with van der Waals surface area (Å²) < 4.78 is 13.1. The molecule has 4 nitrogen and oxygen atoms in total. The molecule has 1 aliphatic heterocycles. The lowest BCUT2D eigenvalue weighted by molar-refractivity contribution is 0.0747. The maximum Gasteiger partial charge on any atom is 0.253 e. The van der Waals surface area contributed by atoms with Crippen LogP contribution in [0.15, 0.2) is 54.7 Å². The van der Waals surface area contributed by atoms with Crippen molar-refractivity contribution >= 4 is 22.5 Å². The van der Waals surface area contributed by atoms with Gasteiger partial charge in [-0.3, -0.25) is 9.78 Å². The molecule has 0 unspecified atom stereocenters. The summed E-state index contributed by atoms with van der Waals surface area (Å²) in [5, 5.41) is 1.14. The molecular weight excluding hydrogens is 329 g/mol. The van der Waals surface area contributed by atoms with Gasteiger partial charge in [0.05, 0.1) is 5.52 Å². The van der Waals surface area contributed by atoms with Crippen molar-refractivity contribution in [2.75, 3.05) is 31.1 Å². The van der Waals surface area contributed by atoms with Gasteiger partial charge in [0.25, 0.3) is 5.91 Å². The number of piperazine rings is 1. The SMILES string of the molecule is Cc1ccc2nccc(N3CCN(C(=O)c4ccc(F)cc4)CC3)c2c1. The summed E-state index contributed by atoms with van der Waals surface area (Å²) in [4.78, 5) is 21.2. The number of nitrogens with zero attached hydrogens (tertiary/aromatic N) is 3. The predicted molar refractivity (Wildman–Crippen MR) is 101 cm³/mol. The Morgan fingerprint density at radius 3 is 2.46 bits per heavy atom. The van der Waals surface area contributed by atoms with Crippen LogP contribution in [0.5, 0.6) is 0 Å². The maximum atomic E-state index is 13.1. The molecule has 2 aromatic carbocycles. The van der Waals surface area contributed by atoms with Gasteiger partial charge in [-0.2, -0.15) is 0 Å². The molecule has 0 bridgehead atoms. The molecule has 0 spiro atoms. The van der Waals surface area contributed by atoms with Crippen LogP contribution in [0.2, 0.25) is 0 Å². The van der Waals surface area contributed by atoms with Crippen molar-refractivity contribution in [2.24, 2.45) is 0 Å². The van der Waals surface area contributed by atoms with E-state index in [4.69, 9.17) is 0 Å². The van der Waals surface area contributed by atoms with E-state index in [-0.39, 0.29) is 11.7 Å². The van der Waals surface area contributed by atoms with E-state index in [2.05, 4.69) is 28.9 Å². The summed E-state index contributed by atoms with van der Waals surface area (Å²) in [5.74, 6) is -0.369. The number of anilines is 1. The zero-order valence-electron chi connectivity index (χ0n) is 14.7. The van der Waals surface area contributed by atoms with E-state index in [0.29, 0.717) is 18.7 Å². The maximum absolute atomic E-state index is 13.1. The zero-order chi connectivity index (χ0) is 18.1. The Morgan fingerprint density at radius 2 is 1.73 bits per heavy atom. The lowest BCUT2D eigenvalue weighted by atomic mass is 10.1. The lowest BCUT2D eigenvalue weighted by Crippen LogP contribution is -2.48. The molecule has 0 N–H and O–H groups in total. The molecule has 1 saturated heterocycles. The number of aromatic nitrogens is 1. The summed E-state index contributed by atoms with van der Waals surface area (Å²) >= 11 is 0. The molecule has 1 fully saturated rings. The van der Waals surface area contributed by atoms with Crippen LogP contribution in [-0.4, -0.2) is 42.0 Å². The largest absolute Gasteiger partial charge is 0.367 e. The normalized spacial score (nSPS) is 14.7. The van der Waals surface area contributed by atoms with E-state index >= 15 is 0 Å². The molecule has 0 aliphatic carbocycles. The van der Waals surface area contributed by atoms with Gasteiger partial charge in [0.2, 0.25) is 0 Å². The van der Waals surface area contributed by atoms with Gasteiger partial charge in [-0.15, -0.1) is 0 Å². The van der Waals surface area contributed by atoms with E-state index in [1.165, 1.54) is 17.7 Å². The third-order valence-corrected chi connectivity index (χ3v) is 4.87. The number of carbonyl (C=O) groups excluding carboxylic acids is 1. The lowest BCUT2D eigenvalue weighted by Gasteiger charge is -2.36. The Kier molecular flexibility index (Phi) is 4.29. The molecule has 1 amide bonds. The van der Waals surface area contributed by atoms with E-state index < -0.39 is 0 Å². The highest BCUT2D eigenvalue weighted by atomic mass is 19.1. The van der Waals surface area contributed by atoms with Crippen LogP contribution in [0, 0.1) is 12.7 Å². The molecular formula is C21H20FN3O. The molecule has 2 heterocycles. The van der Waals surface area contributed by atoms with Crippen LogP contribution in [-0.2, 0) is 0 Å². The monoisotopic (exact) mass is 349 g/mol. The van der Waals surface area contributed by atoms with Crippen molar-refractivity contribution < 1.29 is 9.18 Å². The number of fused-ring (bicyclic) bond motifs is 1. The minimum atomic E-state index is -0.328. The van der Waals surface area contributed by atoms with Gasteiger partial charge in [-0.1, -0.05) is 11.6 Å². The fourth-order valence-corrected chi connectivity index (χ4v) is 3.45. The molecule has 0 radical (unpaired) electrons. The fourth-order valence-electron chi connectivity index (χ4n) is 3.45. The Morgan fingerprint density at radius 1 is 1.00 bits per heavy atom. The van der Waals surface area contributed by atoms with Crippen LogP contribution in [0.25, 0.3) is 10.9 Å².